The van der Waals surface area contributed by atoms with Gasteiger partial charge in [-0.2, -0.15) is 0 Å². The molecule has 0 aliphatic carbocycles. The fourth-order valence-electron chi connectivity index (χ4n) is 6.33. The van der Waals surface area contributed by atoms with E-state index in [2.05, 4.69) is 9.98 Å². The van der Waals surface area contributed by atoms with E-state index >= 15 is 0 Å². The minimum absolute atomic E-state index is 0.0515. The van der Waals surface area contributed by atoms with Crippen molar-refractivity contribution in [1.29, 1.82) is 0 Å². The predicted octanol–water partition coefficient (Wildman–Crippen LogP) is 9.80. The van der Waals surface area contributed by atoms with E-state index < -0.39 is 121 Å². The van der Waals surface area contributed by atoms with Crippen LogP contribution in [0.25, 0.3) is 43.1 Å². The number of benzene rings is 7. The van der Waals surface area contributed by atoms with Gasteiger partial charge >= 0.3 is 11.9 Å². The second kappa shape index (κ2) is 12.3. The van der Waals surface area contributed by atoms with Crippen molar-refractivity contribution in [2.24, 2.45) is 9.98 Å². The normalized spacial score (nSPS) is 12.6. The number of carbonyl (C=O) groups is 2. The molecular weight excluding hydrogens is 746 g/mol. The van der Waals surface area contributed by atoms with Crippen LogP contribution >= 0.6 is 0 Å². The van der Waals surface area contributed by atoms with Gasteiger partial charge in [-0.15, -0.1) is 0 Å². The van der Waals surface area contributed by atoms with E-state index in [9.17, 15) is 73.9 Å². The third kappa shape index (κ3) is 4.93. The topological polar surface area (TPSA) is 140 Å². The Morgan fingerprint density at radius 2 is 0.593 bits per heavy atom. The van der Waals surface area contributed by atoms with Crippen molar-refractivity contribution >= 4 is 78.2 Å². The number of carboxylic acid groups (broad SMARTS) is 2. The van der Waals surface area contributed by atoms with Crippen LogP contribution in [-0.4, -0.2) is 44.2 Å². The lowest BCUT2D eigenvalue weighted by atomic mass is 9.84. The van der Waals surface area contributed by atoms with Crippen molar-refractivity contribution in [3.63, 3.8) is 0 Å². The fraction of sp³-hybridized carbons (Fsp3) is 0. The molecular formula is C36H12F10N2O6. The first-order valence-corrected chi connectivity index (χ1v) is 14.7. The van der Waals surface area contributed by atoms with Crippen LogP contribution in [0, 0.1) is 58.2 Å². The van der Waals surface area contributed by atoms with Gasteiger partial charge in [-0.1, -0.05) is 24.3 Å². The minimum Gasteiger partial charge on any atom is -0.493 e. The predicted molar refractivity (Wildman–Crippen MR) is 172 cm³/mol. The number of hydrogen-bond acceptors (Lipinski definition) is 4. The molecule has 0 amide bonds. The van der Waals surface area contributed by atoms with Gasteiger partial charge in [0.15, 0.2) is 46.5 Å². The molecule has 0 unspecified atom stereocenters. The highest BCUT2D eigenvalue weighted by atomic mass is 19.2. The first kappa shape index (κ1) is 35.4. The molecule has 0 aromatic heterocycles. The average Bonchev–Trinajstić information content (AvgIpc) is 3.15. The van der Waals surface area contributed by atoms with Gasteiger partial charge in [-0.3, -0.25) is 0 Å². The zero-order valence-corrected chi connectivity index (χ0v) is 25.9. The van der Waals surface area contributed by atoms with Crippen LogP contribution in [0.15, 0.2) is 58.5 Å². The molecule has 8 nitrogen and oxygen atoms in total. The van der Waals surface area contributed by atoms with Gasteiger partial charge in [-0.25, -0.2) is 63.5 Å². The van der Waals surface area contributed by atoms with Gasteiger partial charge in [0.1, 0.15) is 11.4 Å². The molecule has 7 aromatic rings. The molecule has 272 valence electrons. The smallest absolute Gasteiger partial charge is 0.336 e. The van der Waals surface area contributed by atoms with Gasteiger partial charge in [0.05, 0.1) is 11.1 Å². The summed E-state index contributed by atoms with van der Waals surface area (Å²) in [5.74, 6) is -30.7. The van der Waals surface area contributed by atoms with E-state index in [1.54, 1.807) is 0 Å². The van der Waals surface area contributed by atoms with Crippen molar-refractivity contribution in [3.05, 3.63) is 129 Å². The summed E-state index contributed by atoms with van der Waals surface area (Å²) in [6.45, 7) is 0. The second-order valence-electron chi connectivity index (χ2n) is 11.5. The van der Waals surface area contributed by atoms with Gasteiger partial charge in [0, 0.05) is 21.9 Å². The zero-order valence-electron chi connectivity index (χ0n) is 25.9. The Labute approximate surface area is 291 Å². The van der Waals surface area contributed by atoms with Crippen molar-refractivity contribution in [2.75, 3.05) is 0 Å². The Bertz CT molecular complexity index is 2680. The Morgan fingerprint density at radius 3 is 0.870 bits per heavy atom. The molecule has 7 aromatic carbocycles. The van der Waals surface area contributed by atoms with E-state index in [1.807, 2.05) is 0 Å². The largest absolute Gasteiger partial charge is 0.493 e. The first-order chi connectivity index (χ1) is 25.5. The molecule has 0 saturated carbocycles. The standard InChI is InChI=1S/C36H12F10N2O6/c37-21-23(39)27(43)31(28(44)24(21)40)47-33(49)13-5-1-9-11-3-7-15(35(51)52)20-16(36(53)54)8-4-12(18(11)20)10-2-6-14(19(13)17(9)10)34(50)48-32-29(45)25(41)22(38)26(42)30(32)46/h1-8H,(H,47,49)(H,48,50)(H,51,52)(H,53,54). The molecule has 0 heterocycles. The van der Waals surface area contributed by atoms with E-state index in [4.69, 9.17) is 0 Å². The van der Waals surface area contributed by atoms with Gasteiger partial charge in [0.25, 0.3) is 0 Å². The molecule has 4 N–H and O–H groups in total. The molecule has 7 rings (SSSR count). The molecule has 0 aliphatic heterocycles. The summed E-state index contributed by atoms with van der Waals surface area (Å²) < 4.78 is 142. The second-order valence-corrected chi connectivity index (χ2v) is 11.5. The SMILES string of the molecule is O=C(O)c1ccc2c3ccc(C(O)=Nc4c(F)c(F)c(F)c(F)c4F)c4c(C(O)=Nc5c(F)c(F)c(F)c(F)c5F)ccc(c5ccc(C(=O)O)c1c25)c43. The summed E-state index contributed by atoms with van der Waals surface area (Å²) in [6.07, 6.45) is 0. The van der Waals surface area contributed by atoms with Crippen LogP contribution in [-0.2, 0) is 0 Å². The van der Waals surface area contributed by atoms with Gasteiger partial charge in [0.2, 0.25) is 23.4 Å². The number of fused-ring (bicyclic) bond motifs is 2. The molecule has 0 radical (unpaired) electrons. The molecule has 0 saturated heterocycles. The average molecular weight is 758 g/mol. The number of aromatic carboxylic acids is 2. The van der Waals surface area contributed by atoms with Crippen LogP contribution in [0.3, 0.4) is 0 Å². The number of carboxylic acids is 2. The van der Waals surface area contributed by atoms with Crippen LogP contribution in [0.4, 0.5) is 55.3 Å². The molecule has 0 fully saturated rings. The maximum Gasteiger partial charge on any atom is 0.336 e. The maximum absolute atomic E-state index is 14.6. The molecule has 0 bridgehead atoms. The molecule has 0 spiro atoms. The minimum atomic E-state index is -2.55. The van der Waals surface area contributed by atoms with Crippen molar-refractivity contribution in [1.82, 2.24) is 0 Å². The third-order valence-corrected chi connectivity index (χ3v) is 8.65. The van der Waals surface area contributed by atoms with Crippen molar-refractivity contribution < 1.29 is 73.9 Å². The Kier molecular flexibility index (Phi) is 8.08. The quantitative estimate of drug-likeness (QED) is 0.0253. The summed E-state index contributed by atoms with van der Waals surface area (Å²) in [6, 6.07) is 8.85. The Hall–Kier alpha value is -6.98. The summed E-state index contributed by atoms with van der Waals surface area (Å²) in [7, 11) is 0. The molecule has 0 atom stereocenters. The summed E-state index contributed by atoms with van der Waals surface area (Å²) in [5, 5.41) is 41.6. The number of halogens is 10. The summed E-state index contributed by atoms with van der Waals surface area (Å²) in [5.41, 5.74) is -6.00. The van der Waals surface area contributed by atoms with Crippen LogP contribution in [0.1, 0.15) is 31.8 Å². The highest BCUT2D eigenvalue weighted by Crippen LogP contribution is 2.45. The molecule has 54 heavy (non-hydrogen) atoms. The van der Waals surface area contributed by atoms with Crippen LogP contribution in [0.5, 0.6) is 0 Å². The monoisotopic (exact) mass is 758 g/mol. The number of nitrogens with zero attached hydrogens (tertiary/aromatic N) is 2. The zero-order chi connectivity index (χ0) is 39.2. The number of aliphatic imine (C=N–C) groups is 2. The van der Waals surface area contributed by atoms with E-state index in [1.165, 1.54) is 24.3 Å². The van der Waals surface area contributed by atoms with Gasteiger partial charge in [-0.05, 0) is 56.6 Å². The number of hydrogen-bond donors (Lipinski definition) is 4. The Balaban J connectivity index is 1.66. The summed E-state index contributed by atoms with van der Waals surface area (Å²) >= 11 is 0. The Morgan fingerprint density at radius 1 is 0.352 bits per heavy atom. The molecule has 0 aliphatic rings. The fourth-order valence-corrected chi connectivity index (χ4v) is 6.33. The lowest BCUT2D eigenvalue weighted by Crippen LogP contribution is -2.09. The first-order valence-electron chi connectivity index (χ1n) is 14.7. The summed E-state index contributed by atoms with van der Waals surface area (Å²) in [4.78, 5) is 30.8. The van der Waals surface area contributed by atoms with Crippen LogP contribution in [0.2, 0.25) is 0 Å². The maximum atomic E-state index is 14.6. The van der Waals surface area contributed by atoms with E-state index in [0.717, 1.165) is 24.3 Å². The number of aliphatic hydroxyl groups is 2. The van der Waals surface area contributed by atoms with Gasteiger partial charge < -0.3 is 20.4 Å². The lowest BCUT2D eigenvalue weighted by molar-refractivity contribution is 0.0695. The van der Waals surface area contributed by atoms with Crippen molar-refractivity contribution in [3.8, 4) is 0 Å². The number of rotatable bonds is 6. The third-order valence-electron chi connectivity index (χ3n) is 8.65. The highest BCUT2D eigenvalue weighted by molar-refractivity contribution is 6.38. The number of aliphatic hydroxyl groups excluding tert-OH is 2. The van der Waals surface area contributed by atoms with E-state index in [0.29, 0.717) is 0 Å². The highest BCUT2D eigenvalue weighted by Gasteiger charge is 2.30. The van der Waals surface area contributed by atoms with Crippen molar-refractivity contribution in [2.45, 2.75) is 0 Å². The van der Waals surface area contributed by atoms with Crippen LogP contribution < -0.4 is 0 Å². The van der Waals surface area contributed by atoms with E-state index in [-0.39, 0.29) is 37.7 Å². The lowest BCUT2D eigenvalue weighted by Gasteiger charge is -2.19. The molecule has 18 heteroatoms.